The number of ether oxygens (including phenoxy) is 3. The highest BCUT2D eigenvalue weighted by Crippen LogP contribution is 2.39. The van der Waals surface area contributed by atoms with E-state index in [-0.39, 0.29) is 0 Å². The quantitative estimate of drug-likeness (QED) is 0.793. The summed E-state index contributed by atoms with van der Waals surface area (Å²) in [5.41, 5.74) is 2.02. The van der Waals surface area contributed by atoms with E-state index in [1.54, 1.807) is 58.0 Å². The van der Waals surface area contributed by atoms with Crippen molar-refractivity contribution in [3.8, 4) is 23.3 Å². The molecule has 0 atom stereocenters. The van der Waals surface area contributed by atoms with Gasteiger partial charge >= 0.3 is 0 Å². The van der Waals surface area contributed by atoms with Crippen LogP contribution in [0.1, 0.15) is 11.1 Å². The number of benzene rings is 1. The van der Waals surface area contributed by atoms with Gasteiger partial charge < -0.3 is 14.2 Å². The van der Waals surface area contributed by atoms with Gasteiger partial charge in [-0.05, 0) is 29.8 Å². The summed E-state index contributed by atoms with van der Waals surface area (Å²) in [7, 11) is 4.65. The first-order chi connectivity index (χ1) is 10.7. The monoisotopic (exact) mass is 296 g/mol. The van der Waals surface area contributed by atoms with Gasteiger partial charge in [0.25, 0.3) is 0 Å². The summed E-state index contributed by atoms with van der Waals surface area (Å²) in [6.45, 7) is 0. The zero-order valence-corrected chi connectivity index (χ0v) is 12.7. The van der Waals surface area contributed by atoms with Crippen molar-refractivity contribution in [2.75, 3.05) is 21.3 Å². The van der Waals surface area contributed by atoms with Crippen molar-refractivity contribution in [3.63, 3.8) is 0 Å². The molecule has 112 valence electrons. The first-order valence-electron chi connectivity index (χ1n) is 6.55. The molecule has 1 aromatic heterocycles. The van der Waals surface area contributed by atoms with Crippen LogP contribution in [-0.4, -0.2) is 26.3 Å². The predicted molar refractivity (Wildman–Crippen MR) is 83.8 cm³/mol. The third-order valence-electron chi connectivity index (χ3n) is 3.09. The third-order valence-corrected chi connectivity index (χ3v) is 3.09. The average Bonchev–Trinajstić information content (AvgIpc) is 2.59. The van der Waals surface area contributed by atoms with Gasteiger partial charge in [-0.15, -0.1) is 0 Å². The molecule has 2 rings (SSSR count). The van der Waals surface area contributed by atoms with Crippen LogP contribution in [0.3, 0.4) is 0 Å². The minimum atomic E-state index is 0.502. The van der Waals surface area contributed by atoms with Crippen molar-refractivity contribution < 1.29 is 14.2 Å². The van der Waals surface area contributed by atoms with E-state index in [0.717, 1.165) is 11.1 Å². The lowest BCUT2D eigenvalue weighted by atomic mass is 10.0. The maximum Gasteiger partial charge on any atom is 0.203 e. The first kappa shape index (κ1) is 15.4. The Bertz CT molecular complexity index is 693. The Morgan fingerprint density at radius 1 is 1.14 bits per heavy atom. The average molecular weight is 296 g/mol. The summed E-state index contributed by atoms with van der Waals surface area (Å²) >= 11 is 0. The van der Waals surface area contributed by atoms with Crippen molar-refractivity contribution in [3.05, 3.63) is 47.8 Å². The number of pyridine rings is 1. The molecule has 5 nitrogen and oxygen atoms in total. The summed E-state index contributed by atoms with van der Waals surface area (Å²) in [6, 6.07) is 9.37. The van der Waals surface area contributed by atoms with Crippen LogP contribution in [0.5, 0.6) is 17.2 Å². The molecule has 0 aliphatic heterocycles. The molecule has 0 fully saturated rings. The molecule has 5 heteroatoms. The van der Waals surface area contributed by atoms with Crippen molar-refractivity contribution in [1.82, 2.24) is 4.98 Å². The van der Waals surface area contributed by atoms with Gasteiger partial charge in [0.15, 0.2) is 11.5 Å². The fourth-order valence-corrected chi connectivity index (χ4v) is 2.05. The number of hydrogen-bond donors (Lipinski definition) is 0. The van der Waals surface area contributed by atoms with Crippen LogP contribution in [0.4, 0.5) is 0 Å². The molecule has 0 saturated heterocycles. The van der Waals surface area contributed by atoms with Crippen molar-refractivity contribution in [2.24, 2.45) is 0 Å². The van der Waals surface area contributed by atoms with Crippen LogP contribution in [-0.2, 0) is 0 Å². The number of nitrogens with zero attached hydrogens (tertiary/aromatic N) is 2. The Hall–Kier alpha value is -3.00. The number of nitriles is 1. The predicted octanol–water partition coefficient (Wildman–Crippen LogP) is 3.17. The SMILES string of the molecule is COc1cc(/C=C(\C#N)c2cccnc2)cc(OC)c1OC. The highest BCUT2D eigenvalue weighted by atomic mass is 16.5. The van der Waals surface area contributed by atoms with Crippen molar-refractivity contribution in [2.45, 2.75) is 0 Å². The Morgan fingerprint density at radius 2 is 1.82 bits per heavy atom. The van der Waals surface area contributed by atoms with Gasteiger partial charge in [0.2, 0.25) is 5.75 Å². The minimum Gasteiger partial charge on any atom is -0.493 e. The topological polar surface area (TPSA) is 64.4 Å². The highest BCUT2D eigenvalue weighted by molar-refractivity contribution is 5.89. The van der Waals surface area contributed by atoms with Gasteiger partial charge in [-0.2, -0.15) is 5.26 Å². The Morgan fingerprint density at radius 3 is 2.27 bits per heavy atom. The van der Waals surface area contributed by atoms with Crippen molar-refractivity contribution in [1.29, 1.82) is 5.26 Å². The summed E-state index contributed by atoms with van der Waals surface area (Å²) in [5, 5.41) is 9.36. The fraction of sp³-hybridized carbons (Fsp3) is 0.176. The molecule has 0 aliphatic rings. The highest BCUT2D eigenvalue weighted by Gasteiger charge is 2.13. The lowest BCUT2D eigenvalue weighted by Gasteiger charge is -2.13. The lowest BCUT2D eigenvalue weighted by Crippen LogP contribution is -1.95. The second kappa shape index (κ2) is 7.14. The molecule has 0 spiro atoms. The minimum absolute atomic E-state index is 0.502. The number of aromatic nitrogens is 1. The summed E-state index contributed by atoms with van der Waals surface area (Å²) in [6.07, 6.45) is 5.06. The second-order valence-electron chi connectivity index (χ2n) is 4.37. The molecule has 2 aromatic rings. The summed E-state index contributed by atoms with van der Waals surface area (Å²) in [4.78, 5) is 4.03. The maximum absolute atomic E-state index is 9.36. The molecule has 0 bridgehead atoms. The Labute approximate surface area is 129 Å². The van der Waals surface area contributed by atoms with E-state index in [9.17, 15) is 5.26 Å². The molecule has 0 radical (unpaired) electrons. The van der Waals surface area contributed by atoms with Crippen LogP contribution < -0.4 is 14.2 Å². The van der Waals surface area contributed by atoms with Crippen LogP contribution >= 0.6 is 0 Å². The zero-order valence-electron chi connectivity index (χ0n) is 12.7. The van der Waals surface area contributed by atoms with E-state index in [1.165, 1.54) is 0 Å². The van der Waals surface area contributed by atoms with E-state index in [4.69, 9.17) is 14.2 Å². The van der Waals surface area contributed by atoms with Crippen LogP contribution in [0.25, 0.3) is 11.6 Å². The van der Waals surface area contributed by atoms with Crippen molar-refractivity contribution >= 4 is 11.6 Å². The molecule has 1 heterocycles. The molecule has 0 N–H and O–H groups in total. The van der Waals surface area contributed by atoms with Gasteiger partial charge in [0, 0.05) is 18.0 Å². The van der Waals surface area contributed by atoms with Gasteiger partial charge in [-0.25, -0.2) is 0 Å². The fourth-order valence-electron chi connectivity index (χ4n) is 2.05. The summed E-state index contributed by atoms with van der Waals surface area (Å²) < 4.78 is 15.9. The molecule has 0 saturated carbocycles. The van der Waals surface area contributed by atoms with Crippen LogP contribution in [0.15, 0.2) is 36.7 Å². The number of rotatable bonds is 5. The maximum atomic E-state index is 9.36. The Kier molecular flexibility index (Phi) is 4.99. The smallest absolute Gasteiger partial charge is 0.203 e. The first-order valence-corrected chi connectivity index (χ1v) is 6.55. The second-order valence-corrected chi connectivity index (χ2v) is 4.37. The number of allylic oxidation sites excluding steroid dienone is 1. The van der Waals surface area contributed by atoms with Gasteiger partial charge in [0.05, 0.1) is 33.0 Å². The van der Waals surface area contributed by atoms with Crippen LogP contribution in [0, 0.1) is 11.3 Å². The van der Waals surface area contributed by atoms with E-state index < -0.39 is 0 Å². The molecule has 0 amide bonds. The molecular formula is C17H16N2O3. The molecule has 0 unspecified atom stereocenters. The van der Waals surface area contributed by atoms with E-state index in [1.807, 2.05) is 6.07 Å². The van der Waals surface area contributed by atoms with Gasteiger partial charge in [-0.3, -0.25) is 4.98 Å². The molecule has 0 aliphatic carbocycles. The lowest BCUT2D eigenvalue weighted by molar-refractivity contribution is 0.324. The zero-order chi connectivity index (χ0) is 15.9. The normalized spacial score (nSPS) is 10.7. The summed E-state index contributed by atoms with van der Waals surface area (Å²) in [5.74, 6) is 1.59. The van der Waals surface area contributed by atoms with Crippen LogP contribution in [0.2, 0.25) is 0 Å². The number of hydrogen-bond acceptors (Lipinski definition) is 5. The number of methoxy groups -OCH3 is 3. The standard InChI is InChI=1S/C17H16N2O3/c1-20-15-8-12(9-16(21-2)17(15)22-3)7-14(10-18)13-5-4-6-19-11-13/h4-9,11H,1-3H3/b14-7+. The van der Waals surface area contributed by atoms with Gasteiger partial charge in [-0.1, -0.05) is 6.07 Å². The van der Waals surface area contributed by atoms with Gasteiger partial charge in [0.1, 0.15) is 0 Å². The van der Waals surface area contributed by atoms with E-state index in [2.05, 4.69) is 11.1 Å². The Balaban J connectivity index is 2.53. The molecule has 1 aromatic carbocycles. The largest absolute Gasteiger partial charge is 0.493 e. The van der Waals surface area contributed by atoms with E-state index >= 15 is 0 Å². The third kappa shape index (κ3) is 3.18. The molecular weight excluding hydrogens is 280 g/mol. The molecule has 22 heavy (non-hydrogen) atoms. The van der Waals surface area contributed by atoms with E-state index in [0.29, 0.717) is 22.8 Å².